The van der Waals surface area contributed by atoms with Crippen molar-refractivity contribution in [1.82, 2.24) is 97.3 Å². The highest BCUT2D eigenvalue weighted by molar-refractivity contribution is 5.97. The maximum Gasteiger partial charge on any atom is 0.237 e. The van der Waals surface area contributed by atoms with E-state index < -0.39 is 0 Å². The second kappa shape index (κ2) is 70.1. The first-order valence-electron chi connectivity index (χ1n) is 39.0. The van der Waals surface area contributed by atoms with Crippen molar-refractivity contribution < 1.29 is 24.0 Å². The van der Waals surface area contributed by atoms with Gasteiger partial charge in [-0.2, -0.15) is 0 Å². The predicted molar refractivity (Wildman–Crippen MR) is 437 cm³/mol. The summed E-state index contributed by atoms with van der Waals surface area (Å²) in [5.74, 6) is 0.764. The van der Waals surface area contributed by atoms with Crippen LogP contribution in [0.3, 0.4) is 0 Å². The molecule has 12 N–H and O–H groups in total. The number of rotatable bonds is 40. The number of carbonyl (C=O) groups excluding carboxylic acids is 5. The minimum Gasteiger partial charge on any atom is -0.385 e. The van der Waals surface area contributed by atoms with Crippen LogP contribution in [-0.4, -0.2) is 387 Å². The van der Waals surface area contributed by atoms with Crippen molar-refractivity contribution in [1.29, 1.82) is 0 Å². The summed E-state index contributed by atoms with van der Waals surface area (Å²) in [6.07, 6.45) is 12.8. The quantitative estimate of drug-likeness (QED) is 0.0333. The monoisotopic (exact) mass is 1450 g/mol. The molecule has 1 aromatic carbocycles. The lowest BCUT2D eigenvalue weighted by Gasteiger charge is -2.28. The van der Waals surface area contributed by atoms with Crippen LogP contribution in [0.2, 0.25) is 0 Å². The van der Waals surface area contributed by atoms with E-state index in [2.05, 4.69) is 164 Å². The van der Waals surface area contributed by atoms with Gasteiger partial charge in [-0.25, -0.2) is 0 Å². The summed E-state index contributed by atoms with van der Waals surface area (Å²) in [4.78, 5) is 79.7. The molecule has 0 radical (unpaired) electrons. The van der Waals surface area contributed by atoms with E-state index in [0.29, 0.717) is 19.5 Å². The number of nitrogens with zero attached hydrogens (tertiary/aromatic N) is 9. The Bertz CT molecular complexity index is 1900. The van der Waals surface area contributed by atoms with Gasteiger partial charge >= 0.3 is 0 Å². The molecule has 4 atom stereocenters. The zero-order chi connectivity index (χ0) is 77.3. The van der Waals surface area contributed by atoms with Gasteiger partial charge in [0.05, 0.1) is 24.2 Å². The second-order valence-corrected chi connectivity index (χ2v) is 27.9. The number of amides is 2. The molecule has 2 amide bonds. The maximum absolute atomic E-state index is 12.3. The minimum absolute atomic E-state index is 0.0544. The third-order valence-electron chi connectivity index (χ3n) is 18.5. The van der Waals surface area contributed by atoms with Gasteiger partial charge < -0.3 is 108 Å². The lowest BCUT2D eigenvalue weighted by molar-refractivity contribution is -0.123. The third kappa shape index (κ3) is 60.2. The van der Waals surface area contributed by atoms with Crippen LogP contribution in [0.1, 0.15) is 128 Å². The van der Waals surface area contributed by atoms with Crippen LogP contribution >= 0.6 is 0 Å². The molecule has 4 unspecified atom stereocenters. The molecule has 26 heteroatoms. The fourth-order valence-electron chi connectivity index (χ4n) is 10.8. The van der Waals surface area contributed by atoms with Crippen molar-refractivity contribution in [2.24, 2.45) is 0 Å². The van der Waals surface area contributed by atoms with Crippen molar-refractivity contribution in [3.8, 4) is 0 Å². The topological polar surface area (TPSA) is 259 Å². The van der Waals surface area contributed by atoms with Crippen LogP contribution < -0.4 is 63.8 Å². The summed E-state index contributed by atoms with van der Waals surface area (Å²) in [7, 11) is 34.9. The number of carbonyl (C=O) groups is 5. The van der Waals surface area contributed by atoms with Gasteiger partial charge in [-0.3, -0.25) is 24.0 Å². The number of ketones is 3. The molecule has 26 nitrogen and oxygen atoms in total. The van der Waals surface area contributed by atoms with E-state index in [4.69, 9.17) is 0 Å². The van der Waals surface area contributed by atoms with E-state index in [1.165, 1.54) is 105 Å². The Hall–Kier alpha value is -3.91. The van der Waals surface area contributed by atoms with E-state index in [1.54, 1.807) is 13.8 Å². The first kappa shape index (κ1) is 102. The third-order valence-corrected chi connectivity index (χ3v) is 18.5. The van der Waals surface area contributed by atoms with Crippen LogP contribution in [0.25, 0.3) is 0 Å². The number of hydrogen-bond acceptors (Lipinski definition) is 24. The number of hydrogen-bond donors (Lipinski definition) is 12. The largest absolute Gasteiger partial charge is 0.385 e. The molecular formula is C76H163N21O5. The number of Topliss-reactive ketones (excluding diaryl/α,β-unsaturated/α-hetero) is 3. The molecule has 102 heavy (non-hydrogen) atoms. The van der Waals surface area contributed by atoms with Gasteiger partial charge in [0.1, 0.15) is 11.6 Å². The van der Waals surface area contributed by atoms with Gasteiger partial charge in [0.15, 0.2) is 5.78 Å². The average molecular weight is 1450 g/mol. The summed E-state index contributed by atoms with van der Waals surface area (Å²) in [6.45, 7) is 36.5. The Kier molecular flexibility index (Phi) is 70.3. The van der Waals surface area contributed by atoms with E-state index >= 15 is 0 Å². The number of unbranched alkanes of at least 4 members (excludes halogenated alkanes) is 4. The number of nitrogens with one attached hydrogen (secondary N) is 12. The molecule has 0 saturated carbocycles. The van der Waals surface area contributed by atoms with E-state index in [0.717, 1.165) is 146 Å². The first-order chi connectivity index (χ1) is 48.8. The van der Waals surface area contributed by atoms with Gasteiger partial charge in [0, 0.05) is 167 Å². The Morgan fingerprint density at radius 3 is 0.794 bits per heavy atom. The van der Waals surface area contributed by atoms with Crippen LogP contribution in [-0.2, 0) is 19.2 Å². The Morgan fingerprint density at radius 1 is 0.363 bits per heavy atom. The van der Waals surface area contributed by atoms with E-state index in [9.17, 15) is 24.0 Å². The average Bonchev–Trinajstić information content (AvgIpc) is 0.858. The van der Waals surface area contributed by atoms with Crippen LogP contribution in [0.4, 0.5) is 11.4 Å². The van der Waals surface area contributed by atoms with E-state index in [-0.39, 0.29) is 53.3 Å². The molecule has 2 aliphatic rings. The maximum atomic E-state index is 12.3. The molecule has 2 aliphatic heterocycles. The smallest absolute Gasteiger partial charge is 0.237 e. The predicted octanol–water partition coefficient (Wildman–Crippen LogP) is 2.81. The molecule has 0 spiro atoms. The molecule has 602 valence electrons. The zero-order valence-electron chi connectivity index (χ0n) is 69.7. The summed E-state index contributed by atoms with van der Waals surface area (Å²) < 4.78 is 0. The van der Waals surface area contributed by atoms with E-state index in [1.807, 2.05) is 102 Å². The number of benzene rings is 1. The van der Waals surface area contributed by atoms with Crippen molar-refractivity contribution in [3.63, 3.8) is 0 Å². The molecule has 0 aliphatic carbocycles. The SMILES string of the molecule is CCNc1cc(NCC)cc(C(=O)CC)c1.CN1CCN(C)CCN(C)CCN(C)CC1.CN1CCN(C)CCN(C)CCN(C)CC1.CNCCCCC(NC)C(=O)NCCN(C)CCNC(=O)C(CCCCNC)NC.CNCCCCC(NC)C(C)=O.CNCCCCC(NC)C(C)=O. The summed E-state index contributed by atoms with van der Waals surface area (Å²) in [5.41, 5.74) is 2.77. The highest BCUT2D eigenvalue weighted by Crippen LogP contribution is 2.20. The second-order valence-electron chi connectivity index (χ2n) is 27.9. The molecule has 3 rings (SSSR count). The Labute approximate surface area is 625 Å². The van der Waals surface area contributed by atoms with Crippen molar-refractivity contribution in [2.75, 3.05) is 301 Å². The van der Waals surface area contributed by atoms with Gasteiger partial charge in [-0.1, -0.05) is 32.6 Å². The molecule has 2 heterocycles. The summed E-state index contributed by atoms with van der Waals surface area (Å²) in [6, 6.07) is 5.69. The van der Waals surface area contributed by atoms with Gasteiger partial charge in [0.25, 0.3) is 0 Å². The van der Waals surface area contributed by atoms with Crippen LogP contribution in [0, 0.1) is 0 Å². The number of likely N-dealkylation sites (N-methyl/N-ethyl adjacent to an activating group) is 13. The Morgan fingerprint density at radius 2 is 0.598 bits per heavy atom. The Balaban J connectivity index is -0.00000119. The normalized spacial score (nSPS) is 16.7. The highest BCUT2D eigenvalue weighted by Gasteiger charge is 2.19. The summed E-state index contributed by atoms with van der Waals surface area (Å²) >= 11 is 0. The lowest BCUT2D eigenvalue weighted by Crippen LogP contribution is -2.46. The molecule has 0 aromatic heterocycles. The van der Waals surface area contributed by atoms with Crippen molar-refractivity contribution >= 4 is 40.5 Å². The molecule has 2 fully saturated rings. The van der Waals surface area contributed by atoms with Crippen LogP contribution in [0.5, 0.6) is 0 Å². The van der Waals surface area contributed by atoms with Gasteiger partial charge in [-0.05, 0) is 243 Å². The van der Waals surface area contributed by atoms with Crippen molar-refractivity contribution in [2.45, 2.75) is 142 Å². The van der Waals surface area contributed by atoms with Gasteiger partial charge in [-0.15, -0.1) is 0 Å². The lowest BCUT2D eigenvalue weighted by atomic mass is 10.1. The summed E-state index contributed by atoms with van der Waals surface area (Å²) in [5, 5.41) is 37.1. The fourth-order valence-corrected chi connectivity index (χ4v) is 10.8. The first-order valence-corrected chi connectivity index (χ1v) is 39.0. The van der Waals surface area contributed by atoms with Crippen LogP contribution in [0.15, 0.2) is 18.2 Å². The highest BCUT2D eigenvalue weighted by atomic mass is 16.2. The van der Waals surface area contributed by atoms with Crippen molar-refractivity contribution in [3.05, 3.63) is 23.8 Å². The zero-order valence-corrected chi connectivity index (χ0v) is 69.7. The number of anilines is 2. The fraction of sp³-hybridized carbons (Fsp3) is 0.855. The molecule has 1 aromatic rings. The molecular weight excluding hydrogens is 1290 g/mol. The van der Waals surface area contributed by atoms with Gasteiger partial charge in [0.2, 0.25) is 11.8 Å². The minimum atomic E-state index is -0.141. The molecule has 0 bridgehead atoms. The molecule has 2 saturated heterocycles. The standard InChI is InChI=1S/C21H47N7O2.C13H20N2O.2C12H28N4.2C9H20N2O/c1-22-12-8-6-10-18(24-3)20(29)26-14-16-28(5)17-15-27-21(30)19(25-4)11-7-9-13-23-2;1-4-13(16)10-7-11(14-5-2)9-12(8-10)15-6-3;2*1-13-5-7-14(2)9-11-16(4)12-10-15(3)8-6-13;2*1-8(12)9(11-3)6-4-5-7-10-2/h18-19,22-25H,6-17H2,1-5H3,(H,26,29)(H,27,30);7-9,14-15H,4-6H2,1-3H3;2*5-12H2,1-4H3;2*9-11H,4-7H2,1-3H3.